The Morgan fingerprint density at radius 2 is 1.80 bits per heavy atom. The molecule has 1 aliphatic carbocycles. The number of thioether (sulfide) groups is 1. The van der Waals surface area contributed by atoms with Gasteiger partial charge >= 0.3 is 0 Å². The number of aromatic nitrogens is 3. The number of nitrogens with one attached hydrogen (secondary N) is 2. The third-order valence-electron chi connectivity index (χ3n) is 3.66. The summed E-state index contributed by atoms with van der Waals surface area (Å²) in [7, 11) is 0. The Hall–Kier alpha value is -0.750. The lowest BCUT2D eigenvalue weighted by Crippen LogP contribution is -2.30. The van der Waals surface area contributed by atoms with Crippen LogP contribution in [0.1, 0.15) is 39.0 Å². The molecule has 0 amide bonds. The van der Waals surface area contributed by atoms with E-state index in [1.54, 1.807) is 0 Å². The molecule has 1 heterocycles. The third-order valence-corrected chi connectivity index (χ3v) is 5.25. The summed E-state index contributed by atoms with van der Waals surface area (Å²) in [6.45, 7) is 3.80. The molecular formula is C13H22ClN5S. The minimum Gasteiger partial charge on any atom is -0.354 e. The van der Waals surface area contributed by atoms with Gasteiger partial charge in [0.1, 0.15) is 0 Å². The van der Waals surface area contributed by atoms with Crippen molar-refractivity contribution in [2.75, 3.05) is 30.0 Å². The number of hydrogen-bond donors (Lipinski definition) is 2. The lowest BCUT2D eigenvalue weighted by atomic mass is 10.1. The third kappa shape index (κ3) is 4.12. The molecule has 0 saturated heterocycles. The number of anilines is 2. The molecule has 2 rings (SSSR count). The van der Waals surface area contributed by atoms with Crippen LogP contribution in [-0.4, -0.2) is 39.0 Å². The monoisotopic (exact) mass is 315 g/mol. The summed E-state index contributed by atoms with van der Waals surface area (Å²) in [5.41, 5.74) is 0. The molecule has 1 aromatic rings. The van der Waals surface area contributed by atoms with Gasteiger partial charge in [-0.25, -0.2) is 0 Å². The first-order chi connectivity index (χ1) is 9.67. The standard InChI is InChI=1S/C13H22ClN5S/c1-3-8-15-11-17-10(14)18-12(19-11)16-9-13(20-2)6-4-5-7-13/h3-9H2,1-2H3,(H2,15,16,17,18,19). The van der Waals surface area contributed by atoms with Crippen LogP contribution in [0, 0.1) is 0 Å². The Kier molecular flexibility index (Phi) is 5.72. The highest BCUT2D eigenvalue weighted by Crippen LogP contribution is 2.40. The van der Waals surface area contributed by atoms with Crippen LogP contribution in [0.2, 0.25) is 5.28 Å². The summed E-state index contributed by atoms with van der Waals surface area (Å²) in [4.78, 5) is 12.6. The molecule has 0 radical (unpaired) electrons. The van der Waals surface area contributed by atoms with E-state index < -0.39 is 0 Å². The molecule has 1 aromatic heterocycles. The minimum absolute atomic E-state index is 0.228. The van der Waals surface area contributed by atoms with Crippen molar-refractivity contribution in [2.45, 2.75) is 43.8 Å². The second kappa shape index (κ2) is 7.31. The van der Waals surface area contributed by atoms with Crippen molar-refractivity contribution in [1.82, 2.24) is 15.0 Å². The zero-order chi connectivity index (χ0) is 14.4. The summed E-state index contributed by atoms with van der Waals surface area (Å²) in [5.74, 6) is 1.10. The van der Waals surface area contributed by atoms with E-state index in [1.165, 1.54) is 25.7 Å². The summed E-state index contributed by atoms with van der Waals surface area (Å²) < 4.78 is 0.316. The van der Waals surface area contributed by atoms with Crippen LogP contribution in [-0.2, 0) is 0 Å². The average molecular weight is 316 g/mol. The molecule has 0 aliphatic heterocycles. The predicted molar refractivity (Wildman–Crippen MR) is 86.8 cm³/mol. The van der Waals surface area contributed by atoms with E-state index in [4.69, 9.17) is 11.6 Å². The fourth-order valence-corrected chi connectivity index (χ4v) is 3.53. The van der Waals surface area contributed by atoms with Gasteiger partial charge in [0, 0.05) is 17.8 Å². The van der Waals surface area contributed by atoms with E-state index in [9.17, 15) is 0 Å². The second-order valence-electron chi connectivity index (χ2n) is 5.13. The highest BCUT2D eigenvalue weighted by Gasteiger charge is 2.32. The molecule has 0 unspecified atom stereocenters. The van der Waals surface area contributed by atoms with Gasteiger partial charge in [-0.2, -0.15) is 26.7 Å². The fourth-order valence-electron chi connectivity index (χ4n) is 2.46. The van der Waals surface area contributed by atoms with Crippen LogP contribution in [0.5, 0.6) is 0 Å². The summed E-state index contributed by atoms with van der Waals surface area (Å²) in [5, 5.41) is 6.69. The first kappa shape index (κ1) is 15.6. The molecule has 1 aliphatic rings. The number of halogens is 1. The van der Waals surface area contributed by atoms with Gasteiger partial charge in [0.15, 0.2) is 0 Å². The summed E-state index contributed by atoms with van der Waals surface area (Å²) >= 11 is 7.88. The van der Waals surface area contributed by atoms with Crippen LogP contribution in [0.4, 0.5) is 11.9 Å². The maximum absolute atomic E-state index is 5.95. The largest absolute Gasteiger partial charge is 0.354 e. The lowest BCUT2D eigenvalue weighted by Gasteiger charge is -2.26. The summed E-state index contributed by atoms with van der Waals surface area (Å²) in [6, 6.07) is 0. The highest BCUT2D eigenvalue weighted by molar-refractivity contribution is 8.00. The van der Waals surface area contributed by atoms with Gasteiger partial charge in [0.05, 0.1) is 0 Å². The van der Waals surface area contributed by atoms with Gasteiger partial charge in [-0.15, -0.1) is 0 Å². The molecule has 0 bridgehead atoms. The topological polar surface area (TPSA) is 62.7 Å². The van der Waals surface area contributed by atoms with Crippen LogP contribution >= 0.6 is 23.4 Å². The predicted octanol–water partition coefficient (Wildman–Crippen LogP) is 3.43. The van der Waals surface area contributed by atoms with Gasteiger partial charge in [-0.05, 0) is 37.1 Å². The first-order valence-corrected chi connectivity index (χ1v) is 8.72. The molecule has 1 saturated carbocycles. The average Bonchev–Trinajstić information content (AvgIpc) is 2.92. The van der Waals surface area contributed by atoms with E-state index in [0.29, 0.717) is 16.6 Å². The van der Waals surface area contributed by atoms with Crippen molar-refractivity contribution in [3.05, 3.63) is 5.28 Å². The van der Waals surface area contributed by atoms with Crippen LogP contribution in [0.3, 0.4) is 0 Å². The fraction of sp³-hybridized carbons (Fsp3) is 0.769. The summed E-state index contributed by atoms with van der Waals surface area (Å²) in [6.07, 6.45) is 8.32. The van der Waals surface area contributed by atoms with Crippen LogP contribution < -0.4 is 10.6 Å². The molecule has 0 spiro atoms. The van der Waals surface area contributed by atoms with E-state index in [-0.39, 0.29) is 5.28 Å². The maximum Gasteiger partial charge on any atom is 0.228 e. The Morgan fingerprint density at radius 3 is 2.40 bits per heavy atom. The first-order valence-electron chi connectivity index (χ1n) is 7.12. The lowest BCUT2D eigenvalue weighted by molar-refractivity contribution is 0.637. The Balaban J connectivity index is 1.99. The molecular weight excluding hydrogens is 294 g/mol. The molecule has 1 fully saturated rings. The second-order valence-corrected chi connectivity index (χ2v) is 6.74. The number of rotatable bonds is 7. The number of nitrogens with zero attached hydrogens (tertiary/aromatic N) is 3. The molecule has 20 heavy (non-hydrogen) atoms. The van der Waals surface area contributed by atoms with Gasteiger partial charge in [-0.3, -0.25) is 0 Å². The van der Waals surface area contributed by atoms with Crippen molar-refractivity contribution < 1.29 is 0 Å². The van der Waals surface area contributed by atoms with Gasteiger partial charge in [-0.1, -0.05) is 19.8 Å². The Bertz CT molecular complexity index is 437. The smallest absolute Gasteiger partial charge is 0.228 e. The van der Waals surface area contributed by atoms with Crippen molar-refractivity contribution in [2.24, 2.45) is 0 Å². The van der Waals surface area contributed by atoms with Gasteiger partial charge in [0.25, 0.3) is 0 Å². The molecule has 5 nitrogen and oxygen atoms in total. The van der Waals surface area contributed by atoms with Crippen molar-refractivity contribution in [1.29, 1.82) is 0 Å². The maximum atomic E-state index is 5.95. The zero-order valence-electron chi connectivity index (χ0n) is 12.1. The van der Waals surface area contributed by atoms with E-state index in [1.807, 2.05) is 11.8 Å². The van der Waals surface area contributed by atoms with E-state index in [2.05, 4.69) is 38.8 Å². The molecule has 0 aromatic carbocycles. The molecule has 7 heteroatoms. The van der Waals surface area contributed by atoms with Gasteiger partial charge < -0.3 is 10.6 Å². The highest BCUT2D eigenvalue weighted by atomic mass is 35.5. The van der Waals surface area contributed by atoms with E-state index >= 15 is 0 Å². The van der Waals surface area contributed by atoms with Crippen molar-refractivity contribution >= 4 is 35.3 Å². The minimum atomic E-state index is 0.228. The molecule has 2 N–H and O–H groups in total. The SMILES string of the molecule is CCCNc1nc(Cl)nc(NCC2(SC)CCCC2)n1. The van der Waals surface area contributed by atoms with Gasteiger partial charge in [0.2, 0.25) is 17.2 Å². The number of hydrogen-bond acceptors (Lipinski definition) is 6. The van der Waals surface area contributed by atoms with Crippen molar-refractivity contribution in [3.63, 3.8) is 0 Å². The van der Waals surface area contributed by atoms with E-state index in [0.717, 1.165) is 19.5 Å². The molecule has 112 valence electrons. The normalized spacial score (nSPS) is 17.1. The Labute approximate surface area is 129 Å². The quantitative estimate of drug-likeness (QED) is 0.803. The van der Waals surface area contributed by atoms with Crippen molar-refractivity contribution in [3.8, 4) is 0 Å². The molecule has 0 atom stereocenters. The zero-order valence-corrected chi connectivity index (χ0v) is 13.7. The van der Waals surface area contributed by atoms with Crippen LogP contribution in [0.15, 0.2) is 0 Å². The Morgan fingerprint density at radius 1 is 1.15 bits per heavy atom. The van der Waals surface area contributed by atoms with Crippen LogP contribution in [0.25, 0.3) is 0 Å².